The number of halogens is 4. The second-order valence-corrected chi connectivity index (χ2v) is 15.6. The maximum atomic E-state index is 15.2. The lowest BCUT2D eigenvalue weighted by Gasteiger charge is -2.41. The second-order valence-electron chi connectivity index (χ2n) is 14.4. The molecule has 4 N–H and O–H groups in total. The van der Waals surface area contributed by atoms with E-state index in [2.05, 4.69) is 9.84 Å². The maximum absolute atomic E-state index is 15.2. The fourth-order valence-corrected chi connectivity index (χ4v) is 8.17. The van der Waals surface area contributed by atoms with Crippen LogP contribution in [0.15, 0.2) is 84.9 Å². The SMILES string of the molecule is Cc1ccc(NC(=O)[C@H]2CCCN(C(=O)c3c(C)cccc3F)[C@H]2c2ccc(N(C3CCCC3)C(O)OCc3ccc(OP(=O)(O)O)cc3)cc2)cc1C(F)(F)F. The Morgan fingerprint density at radius 3 is 2.25 bits per heavy atom. The summed E-state index contributed by atoms with van der Waals surface area (Å²) >= 11 is 0. The fraction of sp³-hybridized carbons (Fsp3) is 0.366. The van der Waals surface area contributed by atoms with Crippen LogP contribution in [0.2, 0.25) is 0 Å². The molecule has 11 nitrogen and oxygen atoms in total. The topological polar surface area (TPSA) is 149 Å². The van der Waals surface area contributed by atoms with Crippen molar-refractivity contribution in [1.82, 2.24) is 4.90 Å². The smallest absolute Gasteiger partial charge is 0.404 e. The van der Waals surface area contributed by atoms with Gasteiger partial charge in [0.2, 0.25) is 12.3 Å². The predicted octanol–water partition coefficient (Wildman–Crippen LogP) is 8.41. The molecule has 0 radical (unpaired) electrons. The van der Waals surface area contributed by atoms with Gasteiger partial charge >= 0.3 is 14.0 Å². The summed E-state index contributed by atoms with van der Waals surface area (Å²) in [5.41, 5.74) is 1.06. The zero-order chi connectivity index (χ0) is 41.1. The van der Waals surface area contributed by atoms with Crippen molar-refractivity contribution in [3.8, 4) is 5.75 Å². The number of aryl methyl sites for hydroxylation is 2. The van der Waals surface area contributed by atoms with Gasteiger partial charge < -0.3 is 29.5 Å². The minimum Gasteiger partial charge on any atom is -0.404 e. The van der Waals surface area contributed by atoms with Gasteiger partial charge in [-0.25, -0.2) is 8.96 Å². The van der Waals surface area contributed by atoms with Crippen LogP contribution in [0.4, 0.5) is 28.9 Å². The molecular formula is C41H44F4N3O8P. The molecule has 4 aromatic carbocycles. The molecule has 1 aliphatic heterocycles. The summed E-state index contributed by atoms with van der Waals surface area (Å²) in [5, 5.41) is 14.1. The zero-order valence-corrected chi connectivity index (χ0v) is 32.2. The molecule has 1 saturated heterocycles. The van der Waals surface area contributed by atoms with Crippen LogP contribution in [0.25, 0.3) is 0 Å². The number of nitrogens with one attached hydrogen (secondary N) is 1. The van der Waals surface area contributed by atoms with E-state index in [-0.39, 0.29) is 41.8 Å². The minimum atomic E-state index is -4.73. The normalized spacial score (nSPS) is 18.3. The highest BCUT2D eigenvalue weighted by Crippen LogP contribution is 2.41. The maximum Gasteiger partial charge on any atom is 0.524 e. The number of benzene rings is 4. The average molecular weight is 814 g/mol. The van der Waals surface area contributed by atoms with E-state index < -0.39 is 55.6 Å². The first-order valence-corrected chi connectivity index (χ1v) is 20.1. The molecule has 6 rings (SSSR count). The number of aliphatic hydroxyl groups is 1. The number of likely N-dealkylation sites (tertiary alicyclic amines) is 1. The van der Waals surface area contributed by atoms with Crippen LogP contribution < -0.4 is 14.7 Å². The molecule has 57 heavy (non-hydrogen) atoms. The zero-order valence-electron chi connectivity index (χ0n) is 31.3. The number of carbonyl (C=O) groups excluding carboxylic acids is 2. The summed E-state index contributed by atoms with van der Waals surface area (Å²) in [7, 11) is -4.73. The van der Waals surface area contributed by atoms with Crippen molar-refractivity contribution < 1.29 is 55.9 Å². The Hall–Kier alpha value is -4.79. The number of hydrogen-bond acceptors (Lipinski definition) is 7. The van der Waals surface area contributed by atoms with Crippen LogP contribution in [-0.4, -0.2) is 50.6 Å². The molecule has 0 bridgehead atoms. The quantitative estimate of drug-likeness (QED) is 0.0629. The van der Waals surface area contributed by atoms with Gasteiger partial charge in [-0.15, -0.1) is 0 Å². The van der Waals surface area contributed by atoms with E-state index in [0.29, 0.717) is 35.2 Å². The minimum absolute atomic E-state index is 0.000132. The monoisotopic (exact) mass is 813 g/mol. The third kappa shape index (κ3) is 10.0. The van der Waals surface area contributed by atoms with Crippen molar-refractivity contribution in [2.45, 2.75) is 83.7 Å². The van der Waals surface area contributed by atoms with Gasteiger partial charge in [-0.2, -0.15) is 13.2 Å². The van der Waals surface area contributed by atoms with Gasteiger partial charge in [0.05, 0.1) is 29.7 Å². The highest BCUT2D eigenvalue weighted by Gasteiger charge is 2.41. The van der Waals surface area contributed by atoms with Crippen LogP contribution in [0.5, 0.6) is 5.75 Å². The summed E-state index contributed by atoms with van der Waals surface area (Å²) in [6.45, 7) is 3.09. The Morgan fingerprint density at radius 2 is 1.61 bits per heavy atom. The summed E-state index contributed by atoms with van der Waals surface area (Å²) in [6.07, 6.45) is -1.94. The third-order valence-electron chi connectivity index (χ3n) is 10.5. The van der Waals surface area contributed by atoms with Gasteiger partial charge in [-0.05, 0) is 104 Å². The molecule has 16 heteroatoms. The first kappa shape index (κ1) is 41.8. The van der Waals surface area contributed by atoms with Crippen molar-refractivity contribution in [3.63, 3.8) is 0 Å². The highest BCUT2D eigenvalue weighted by molar-refractivity contribution is 7.46. The number of hydrogen-bond donors (Lipinski definition) is 4. The van der Waals surface area contributed by atoms with Crippen LogP contribution in [0, 0.1) is 25.6 Å². The number of nitrogens with zero attached hydrogens (tertiary/aromatic N) is 2. The van der Waals surface area contributed by atoms with Crippen molar-refractivity contribution in [2.75, 3.05) is 16.8 Å². The molecule has 0 spiro atoms. The molecule has 0 aromatic heterocycles. The summed E-state index contributed by atoms with van der Waals surface area (Å²) in [4.78, 5) is 49.5. The Bertz CT molecular complexity index is 2090. The number of ether oxygens (including phenoxy) is 1. The number of aliphatic hydroxyl groups excluding tert-OH is 1. The number of phosphoric ester groups is 1. The predicted molar refractivity (Wildman–Crippen MR) is 204 cm³/mol. The number of rotatable bonds is 12. The largest absolute Gasteiger partial charge is 0.524 e. The Balaban J connectivity index is 1.29. The van der Waals surface area contributed by atoms with E-state index >= 15 is 4.39 Å². The van der Waals surface area contributed by atoms with Crippen molar-refractivity contribution in [1.29, 1.82) is 0 Å². The highest BCUT2D eigenvalue weighted by atomic mass is 31.2. The van der Waals surface area contributed by atoms with Crippen molar-refractivity contribution >= 4 is 31.0 Å². The van der Waals surface area contributed by atoms with Crippen molar-refractivity contribution in [3.05, 3.63) is 124 Å². The van der Waals surface area contributed by atoms with Crippen LogP contribution in [-0.2, 0) is 26.9 Å². The molecule has 4 aromatic rings. The lowest BCUT2D eigenvalue weighted by atomic mass is 9.83. The number of anilines is 2. The molecule has 2 amide bonds. The Kier molecular flexibility index (Phi) is 12.7. The molecular weight excluding hydrogens is 769 g/mol. The van der Waals surface area contributed by atoms with Gasteiger partial charge in [0.1, 0.15) is 11.6 Å². The summed E-state index contributed by atoms with van der Waals surface area (Å²) < 4.78 is 78.1. The van der Waals surface area contributed by atoms with Crippen molar-refractivity contribution in [2.24, 2.45) is 5.92 Å². The number of piperidine rings is 1. The van der Waals surface area contributed by atoms with Crippen LogP contribution >= 0.6 is 7.82 Å². The number of amides is 2. The molecule has 3 atom stereocenters. The average Bonchev–Trinajstić information content (AvgIpc) is 3.69. The molecule has 2 fully saturated rings. The van der Waals surface area contributed by atoms with Gasteiger partial charge in [-0.3, -0.25) is 19.4 Å². The molecule has 2 aliphatic rings. The van der Waals surface area contributed by atoms with E-state index in [4.69, 9.17) is 14.5 Å². The van der Waals surface area contributed by atoms with Gasteiger partial charge in [0, 0.05) is 24.0 Å². The standard InChI is InChI=1S/C41H44F4N3O8P/c1-25-12-17-29(23-34(25)41(43,44)45)46-38(49)33-10-6-22-47(39(50)36-26(2)7-5-11-35(36)42)37(33)28-15-18-31(19-16-28)48(30-8-3-4-9-30)40(51)55-24-27-13-20-32(21-14-27)56-57(52,53)54/h5,7,11-21,23,30,33,37,40,51H,3-4,6,8-10,22,24H2,1-2H3,(H,46,49)(H2,52,53,54)/t33-,37-,40?/m0/s1. The molecule has 1 unspecified atom stereocenters. The fourth-order valence-electron chi connectivity index (χ4n) is 7.78. The van der Waals surface area contributed by atoms with Gasteiger partial charge in [-0.1, -0.05) is 55.3 Å². The van der Waals surface area contributed by atoms with Crippen LogP contribution in [0.3, 0.4) is 0 Å². The molecule has 1 aliphatic carbocycles. The molecule has 1 heterocycles. The number of carbonyl (C=O) groups is 2. The summed E-state index contributed by atoms with van der Waals surface area (Å²) in [5.74, 6) is -2.89. The first-order valence-electron chi connectivity index (χ1n) is 18.6. The van der Waals surface area contributed by atoms with Gasteiger partial charge in [0.15, 0.2) is 0 Å². The number of phosphoric acid groups is 1. The number of alkyl halides is 3. The Labute approximate surface area is 327 Å². The second kappa shape index (κ2) is 17.4. The first-order chi connectivity index (χ1) is 27.0. The lowest BCUT2D eigenvalue weighted by molar-refractivity contribution is -0.138. The van der Waals surface area contributed by atoms with Crippen LogP contribution in [0.1, 0.15) is 82.7 Å². The third-order valence-corrected chi connectivity index (χ3v) is 11.0. The Morgan fingerprint density at radius 1 is 0.930 bits per heavy atom. The van der Waals surface area contributed by atoms with E-state index in [0.717, 1.165) is 31.7 Å². The van der Waals surface area contributed by atoms with E-state index in [1.54, 1.807) is 54.3 Å². The van der Waals surface area contributed by atoms with E-state index in [1.807, 2.05) is 0 Å². The van der Waals surface area contributed by atoms with Gasteiger partial charge in [0.25, 0.3) is 5.91 Å². The summed E-state index contributed by atoms with van der Waals surface area (Å²) in [6, 6.07) is 19.6. The van der Waals surface area contributed by atoms with E-state index in [1.165, 1.54) is 48.2 Å². The lowest BCUT2D eigenvalue weighted by Crippen LogP contribution is -2.47. The van der Waals surface area contributed by atoms with E-state index in [9.17, 15) is 32.4 Å². The molecule has 1 saturated carbocycles. The molecule has 304 valence electrons.